The summed E-state index contributed by atoms with van der Waals surface area (Å²) in [5.41, 5.74) is 3.04. The van der Waals surface area contributed by atoms with Crippen molar-refractivity contribution >= 4 is 17.0 Å². The molecule has 2 aromatic carbocycles. The van der Waals surface area contributed by atoms with Gasteiger partial charge in [-0.25, -0.2) is 14.8 Å². The van der Waals surface area contributed by atoms with Crippen molar-refractivity contribution in [3.05, 3.63) is 60.7 Å². The molecule has 124 valence electrons. The van der Waals surface area contributed by atoms with Crippen molar-refractivity contribution in [2.45, 2.75) is 0 Å². The Morgan fingerprint density at radius 1 is 1.00 bits per heavy atom. The number of hydrogen-bond acceptors (Lipinski definition) is 5. The fourth-order valence-corrected chi connectivity index (χ4v) is 2.57. The van der Waals surface area contributed by atoms with E-state index in [2.05, 4.69) is 15.1 Å². The second-order valence-electron chi connectivity index (χ2n) is 5.71. The van der Waals surface area contributed by atoms with Crippen molar-refractivity contribution in [2.24, 2.45) is 14.1 Å². The Kier molecular flexibility index (Phi) is 3.53. The molecule has 25 heavy (non-hydrogen) atoms. The minimum atomic E-state index is -0.420. The van der Waals surface area contributed by atoms with Gasteiger partial charge in [0.2, 0.25) is 0 Å². The van der Waals surface area contributed by atoms with Gasteiger partial charge in [0.1, 0.15) is 12.1 Å². The molecule has 4 aromatic rings. The van der Waals surface area contributed by atoms with E-state index in [9.17, 15) is 4.79 Å². The van der Waals surface area contributed by atoms with Crippen molar-refractivity contribution < 1.29 is 9.53 Å². The van der Waals surface area contributed by atoms with E-state index < -0.39 is 5.97 Å². The van der Waals surface area contributed by atoms with E-state index in [-0.39, 0.29) is 0 Å². The van der Waals surface area contributed by atoms with Crippen LogP contribution in [0.3, 0.4) is 0 Å². The lowest BCUT2D eigenvalue weighted by Gasteiger charge is -2.05. The predicted octanol–water partition coefficient (Wildman–Crippen LogP) is 2.59. The molecule has 7 heteroatoms. The zero-order valence-electron chi connectivity index (χ0n) is 13.7. The first-order chi connectivity index (χ1) is 12.1. The number of aryl methyl sites for hydroxylation is 2. The third-order valence-corrected chi connectivity index (χ3v) is 3.88. The first-order valence-electron chi connectivity index (χ1n) is 7.69. The molecule has 0 N–H and O–H groups in total. The fourth-order valence-electron chi connectivity index (χ4n) is 2.57. The third kappa shape index (κ3) is 2.87. The second-order valence-corrected chi connectivity index (χ2v) is 5.71. The molecule has 0 unspecified atom stereocenters. The average Bonchev–Trinajstić information content (AvgIpc) is 3.21. The molecular weight excluding hydrogens is 318 g/mol. The van der Waals surface area contributed by atoms with Gasteiger partial charge in [0.15, 0.2) is 5.82 Å². The molecule has 2 aromatic heterocycles. The Hall–Kier alpha value is -3.48. The number of rotatable bonds is 3. The number of nitrogens with zero attached hydrogens (tertiary/aromatic N) is 5. The van der Waals surface area contributed by atoms with E-state index >= 15 is 0 Å². The number of carbonyl (C=O) groups is 1. The quantitative estimate of drug-likeness (QED) is 0.425. The zero-order valence-corrected chi connectivity index (χ0v) is 13.7. The fraction of sp³-hybridized carbons (Fsp3) is 0.111. The SMILES string of the molecule is Cn1cnc(-c2ccc(OC(=O)c3ccc4c(c3)ncn4C)cc2)n1. The van der Waals surface area contributed by atoms with Gasteiger partial charge in [-0.3, -0.25) is 4.68 Å². The van der Waals surface area contributed by atoms with Gasteiger partial charge < -0.3 is 9.30 Å². The third-order valence-electron chi connectivity index (χ3n) is 3.88. The van der Waals surface area contributed by atoms with Crippen molar-refractivity contribution in [2.75, 3.05) is 0 Å². The van der Waals surface area contributed by atoms with Gasteiger partial charge in [-0.05, 0) is 42.5 Å². The van der Waals surface area contributed by atoms with Crippen LogP contribution in [-0.2, 0) is 14.1 Å². The Balaban J connectivity index is 1.53. The largest absolute Gasteiger partial charge is 0.423 e. The second kappa shape index (κ2) is 5.86. The number of hydrogen-bond donors (Lipinski definition) is 0. The van der Waals surface area contributed by atoms with Gasteiger partial charge in [0.05, 0.1) is 22.9 Å². The lowest BCUT2D eigenvalue weighted by Crippen LogP contribution is -2.08. The topological polar surface area (TPSA) is 74.8 Å². The molecule has 0 fully saturated rings. The van der Waals surface area contributed by atoms with Crippen LogP contribution in [0.1, 0.15) is 10.4 Å². The normalized spacial score (nSPS) is 11.0. The van der Waals surface area contributed by atoms with Crippen molar-refractivity contribution in [3.63, 3.8) is 0 Å². The minimum absolute atomic E-state index is 0.420. The molecule has 2 heterocycles. The lowest BCUT2D eigenvalue weighted by molar-refractivity contribution is 0.0735. The highest BCUT2D eigenvalue weighted by Gasteiger charge is 2.11. The van der Waals surface area contributed by atoms with Crippen LogP contribution in [0.5, 0.6) is 5.75 Å². The molecule has 0 bridgehead atoms. The van der Waals surface area contributed by atoms with E-state index in [4.69, 9.17) is 4.74 Å². The summed E-state index contributed by atoms with van der Waals surface area (Å²) in [5.74, 6) is 0.669. The maximum absolute atomic E-state index is 12.3. The lowest BCUT2D eigenvalue weighted by atomic mass is 10.2. The van der Waals surface area contributed by atoms with Crippen LogP contribution in [0.25, 0.3) is 22.4 Å². The molecule has 7 nitrogen and oxygen atoms in total. The van der Waals surface area contributed by atoms with Crippen LogP contribution in [0.2, 0.25) is 0 Å². The van der Waals surface area contributed by atoms with E-state index in [1.165, 1.54) is 0 Å². The zero-order chi connectivity index (χ0) is 17.4. The van der Waals surface area contributed by atoms with Gasteiger partial charge in [-0.1, -0.05) is 0 Å². The smallest absolute Gasteiger partial charge is 0.343 e. The Morgan fingerprint density at radius 3 is 2.52 bits per heavy atom. The molecule has 0 radical (unpaired) electrons. The number of benzene rings is 2. The number of carbonyl (C=O) groups excluding carboxylic acids is 1. The van der Waals surface area contributed by atoms with Gasteiger partial charge in [0, 0.05) is 19.7 Å². The summed E-state index contributed by atoms with van der Waals surface area (Å²) in [6.07, 6.45) is 3.35. The van der Waals surface area contributed by atoms with Crippen LogP contribution in [0.15, 0.2) is 55.1 Å². The van der Waals surface area contributed by atoms with Gasteiger partial charge in [-0.2, -0.15) is 5.10 Å². The summed E-state index contributed by atoms with van der Waals surface area (Å²) in [6, 6.07) is 12.4. The van der Waals surface area contributed by atoms with Crippen molar-refractivity contribution in [3.8, 4) is 17.1 Å². The van der Waals surface area contributed by atoms with Gasteiger partial charge in [-0.15, -0.1) is 0 Å². The minimum Gasteiger partial charge on any atom is -0.423 e. The molecule has 0 aliphatic carbocycles. The first-order valence-corrected chi connectivity index (χ1v) is 7.69. The number of aromatic nitrogens is 5. The van der Waals surface area contributed by atoms with Crippen LogP contribution >= 0.6 is 0 Å². The van der Waals surface area contributed by atoms with Crippen LogP contribution < -0.4 is 4.74 Å². The molecule has 0 spiro atoms. The van der Waals surface area contributed by atoms with Crippen LogP contribution in [0, 0.1) is 0 Å². The molecule has 0 atom stereocenters. The van der Waals surface area contributed by atoms with E-state index in [1.807, 2.05) is 36.9 Å². The summed E-state index contributed by atoms with van der Waals surface area (Å²) in [4.78, 5) is 20.8. The molecular formula is C18H15N5O2. The monoisotopic (exact) mass is 333 g/mol. The van der Waals surface area contributed by atoms with Crippen molar-refractivity contribution in [1.82, 2.24) is 24.3 Å². The Morgan fingerprint density at radius 2 is 1.80 bits per heavy atom. The van der Waals surface area contributed by atoms with E-state index in [0.717, 1.165) is 16.6 Å². The van der Waals surface area contributed by atoms with E-state index in [1.54, 1.807) is 41.6 Å². The highest BCUT2D eigenvalue weighted by atomic mass is 16.5. The number of fused-ring (bicyclic) bond motifs is 1. The molecule has 0 aliphatic rings. The molecule has 0 saturated heterocycles. The summed E-state index contributed by atoms with van der Waals surface area (Å²) in [5, 5.41) is 4.24. The Bertz CT molecular complexity index is 1060. The van der Waals surface area contributed by atoms with Gasteiger partial charge >= 0.3 is 5.97 Å². The maximum Gasteiger partial charge on any atom is 0.343 e. The first kappa shape index (κ1) is 15.1. The average molecular weight is 333 g/mol. The highest BCUT2D eigenvalue weighted by Crippen LogP contribution is 2.21. The number of ether oxygens (including phenoxy) is 1. The van der Waals surface area contributed by atoms with Gasteiger partial charge in [0.25, 0.3) is 0 Å². The molecule has 0 saturated carbocycles. The number of esters is 1. The number of imidazole rings is 1. The summed E-state index contributed by atoms with van der Waals surface area (Å²) >= 11 is 0. The molecule has 4 rings (SSSR count). The standard InChI is InChI=1S/C18H15N5O2/c1-22-10-19-15-9-13(5-8-16(15)22)18(24)25-14-6-3-12(4-7-14)17-20-11-23(2)21-17/h3-11H,1-2H3. The predicted molar refractivity (Wildman–Crippen MR) is 92.1 cm³/mol. The van der Waals surface area contributed by atoms with Crippen molar-refractivity contribution in [1.29, 1.82) is 0 Å². The van der Waals surface area contributed by atoms with Crippen LogP contribution in [0.4, 0.5) is 0 Å². The summed E-state index contributed by atoms with van der Waals surface area (Å²) in [7, 11) is 3.72. The summed E-state index contributed by atoms with van der Waals surface area (Å²) < 4.78 is 8.97. The van der Waals surface area contributed by atoms with Crippen LogP contribution in [-0.4, -0.2) is 30.3 Å². The molecule has 0 amide bonds. The summed E-state index contributed by atoms with van der Waals surface area (Å²) in [6.45, 7) is 0. The van der Waals surface area contributed by atoms with E-state index in [0.29, 0.717) is 17.1 Å². The maximum atomic E-state index is 12.3. The Labute approximate surface area is 143 Å². The molecule has 0 aliphatic heterocycles. The highest BCUT2D eigenvalue weighted by molar-refractivity contribution is 5.94.